The molecule has 0 bridgehead atoms. The first-order valence-electron chi connectivity index (χ1n) is 6.25. The fourth-order valence-corrected chi connectivity index (χ4v) is 2.40. The standard InChI is InChI=1S/C17H12O3/c1-20-16-9-6-11-4-2-3-5-13(11)17(16)14-10-12(18)7-8-15(14)19/h2-10H,1H3. The summed E-state index contributed by atoms with van der Waals surface area (Å²) in [6.45, 7) is 0. The summed E-state index contributed by atoms with van der Waals surface area (Å²) in [4.78, 5) is 23.7. The van der Waals surface area contributed by atoms with Crippen molar-refractivity contribution in [1.29, 1.82) is 0 Å². The molecule has 0 radical (unpaired) electrons. The van der Waals surface area contributed by atoms with Gasteiger partial charge >= 0.3 is 0 Å². The number of hydrogen-bond acceptors (Lipinski definition) is 3. The lowest BCUT2D eigenvalue weighted by Gasteiger charge is -2.14. The molecule has 20 heavy (non-hydrogen) atoms. The van der Waals surface area contributed by atoms with E-state index in [1.54, 1.807) is 7.11 Å². The molecule has 98 valence electrons. The fraction of sp³-hybridized carbons (Fsp3) is 0.0588. The van der Waals surface area contributed by atoms with Crippen molar-refractivity contribution in [2.75, 3.05) is 7.11 Å². The van der Waals surface area contributed by atoms with E-state index in [4.69, 9.17) is 4.74 Å². The number of hydrogen-bond donors (Lipinski definition) is 0. The van der Waals surface area contributed by atoms with Crippen LogP contribution >= 0.6 is 0 Å². The molecule has 2 aromatic rings. The fourth-order valence-electron chi connectivity index (χ4n) is 2.40. The molecule has 3 rings (SSSR count). The Balaban J connectivity index is 2.34. The average molecular weight is 264 g/mol. The van der Waals surface area contributed by atoms with Crippen LogP contribution in [-0.2, 0) is 9.59 Å². The Hall–Kier alpha value is -2.68. The zero-order valence-corrected chi connectivity index (χ0v) is 10.9. The first-order chi connectivity index (χ1) is 9.70. The zero-order valence-electron chi connectivity index (χ0n) is 10.9. The Kier molecular flexibility index (Phi) is 2.95. The third-order valence-corrected chi connectivity index (χ3v) is 3.33. The Morgan fingerprint density at radius 2 is 1.75 bits per heavy atom. The maximum absolute atomic E-state index is 12.1. The van der Waals surface area contributed by atoms with Gasteiger partial charge in [0.1, 0.15) is 5.75 Å². The average Bonchev–Trinajstić information content (AvgIpc) is 2.48. The van der Waals surface area contributed by atoms with Crippen LogP contribution < -0.4 is 4.74 Å². The largest absolute Gasteiger partial charge is 0.496 e. The van der Waals surface area contributed by atoms with Crippen molar-refractivity contribution in [2.24, 2.45) is 0 Å². The van der Waals surface area contributed by atoms with Crippen molar-refractivity contribution in [2.45, 2.75) is 0 Å². The summed E-state index contributed by atoms with van der Waals surface area (Å²) in [6, 6.07) is 11.5. The van der Waals surface area contributed by atoms with Crippen LogP contribution in [0.2, 0.25) is 0 Å². The van der Waals surface area contributed by atoms with E-state index in [1.165, 1.54) is 18.2 Å². The van der Waals surface area contributed by atoms with Gasteiger partial charge in [-0.25, -0.2) is 0 Å². The van der Waals surface area contributed by atoms with Crippen LogP contribution in [0.4, 0.5) is 0 Å². The lowest BCUT2D eigenvalue weighted by Crippen LogP contribution is -2.08. The number of allylic oxidation sites excluding steroid dienone is 4. The molecule has 0 spiro atoms. The SMILES string of the molecule is COc1ccc2ccccc2c1C1=CC(=O)C=CC1=O. The Labute approximate surface area is 116 Å². The molecule has 2 aromatic carbocycles. The molecule has 0 amide bonds. The van der Waals surface area contributed by atoms with E-state index in [2.05, 4.69) is 0 Å². The van der Waals surface area contributed by atoms with E-state index in [-0.39, 0.29) is 11.6 Å². The lowest BCUT2D eigenvalue weighted by molar-refractivity contribution is -0.113. The Morgan fingerprint density at radius 3 is 2.55 bits per heavy atom. The molecular weight excluding hydrogens is 252 g/mol. The summed E-state index contributed by atoms with van der Waals surface area (Å²) >= 11 is 0. The van der Waals surface area contributed by atoms with Gasteiger partial charge in [-0.15, -0.1) is 0 Å². The predicted octanol–water partition coefficient (Wildman–Crippen LogP) is 2.94. The highest BCUT2D eigenvalue weighted by Gasteiger charge is 2.20. The molecule has 0 fully saturated rings. The number of ether oxygens (including phenoxy) is 1. The number of carbonyl (C=O) groups is 2. The van der Waals surface area contributed by atoms with Crippen LogP contribution in [0.1, 0.15) is 5.56 Å². The Morgan fingerprint density at radius 1 is 0.950 bits per heavy atom. The predicted molar refractivity (Wildman–Crippen MR) is 77.6 cm³/mol. The second-order valence-corrected chi connectivity index (χ2v) is 4.52. The highest BCUT2D eigenvalue weighted by molar-refractivity contribution is 6.36. The summed E-state index contributed by atoms with van der Waals surface area (Å²) in [6.07, 6.45) is 3.95. The second kappa shape index (κ2) is 4.78. The molecule has 1 aliphatic carbocycles. The summed E-state index contributed by atoms with van der Waals surface area (Å²) in [5, 5.41) is 1.90. The van der Waals surface area contributed by atoms with Crippen molar-refractivity contribution in [3.8, 4) is 5.75 Å². The number of fused-ring (bicyclic) bond motifs is 1. The zero-order chi connectivity index (χ0) is 14.1. The van der Waals surface area contributed by atoms with E-state index >= 15 is 0 Å². The van der Waals surface area contributed by atoms with Crippen LogP contribution in [0.25, 0.3) is 16.3 Å². The van der Waals surface area contributed by atoms with Gasteiger partial charge in [-0.05, 0) is 35.1 Å². The van der Waals surface area contributed by atoms with Crippen LogP contribution in [-0.4, -0.2) is 18.7 Å². The van der Waals surface area contributed by atoms with Crippen molar-refractivity contribution in [3.63, 3.8) is 0 Å². The van der Waals surface area contributed by atoms with Gasteiger partial charge in [0.25, 0.3) is 0 Å². The highest BCUT2D eigenvalue weighted by atomic mass is 16.5. The minimum Gasteiger partial charge on any atom is -0.496 e. The molecule has 0 saturated heterocycles. The molecule has 3 nitrogen and oxygen atoms in total. The molecule has 0 aromatic heterocycles. The summed E-state index contributed by atoms with van der Waals surface area (Å²) in [5.41, 5.74) is 1.06. The van der Waals surface area contributed by atoms with Crippen LogP contribution in [0.3, 0.4) is 0 Å². The molecule has 1 aliphatic rings. The van der Waals surface area contributed by atoms with Gasteiger partial charge in [-0.2, -0.15) is 0 Å². The van der Waals surface area contributed by atoms with E-state index in [0.29, 0.717) is 16.9 Å². The molecule has 0 N–H and O–H groups in total. The molecule has 0 atom stereocenters. The molecule has 0 saturated carbocycles. The quantitative estimate of drug-likeness (QED) is 0.783. The van der Waals surface area contributed by atoms with Gasteiger partial charge in [-0.3, -0.25) is 9.59 Å². The number of rotatable bonds is 2. The normalized spacial score (nSPS) is 14.6. The van der Waals surface area contributed by atoms with Crippen LogP contribution in [0.5, 0.6) is 5.75 Å². The van der Waals surface area contributed by atoms with Gasteiger partial charge in [0.05, 0.1) is 7.11 Å². The monoisotopic (exact) mass is 264 g/mol. The molecule has 0 aliphatic heterocycles. The number of benzene rings is 2. The number of carbonyl (C=O) groups excluding carboxylic acids is 2. The van der Waals surface area contributed by atoms with E-state index in [1.807, 2.05) is 36.4 Å². The summed E-state index contributed by atoms with van der Waals surface area (Å²) < 4.78 is 5.36. The lowest BCUT2D eigenvalue weighted by atomic mass is 9.91. The van der Waals surface area contributed by atoms with Crippen molar-refractivity contribution >= 4 is 27.9 Å². The summed E-state index contributed by atoms with van der Waals surface area (Å²) in [7, 11) is 1.55. The van der Waals surface area contributed by atoms with Crippen molar-refractivity contribution in [3.05, 3.63) is 60.2 Å². The third kappa shape index (κ3) is 1.93. The minimum absolute atomic E-state index is 0.181. The Bertz CT molecular complexity index is 782. The van der Waals surface area contributed by atoms with Gasteiger partial charge < -0.3 is 4.74 Å². The maximum atomic E-state index is 12.1. The first kappa shape index (κ1) is 12.4. The van der Waals surface area contributed by atoms with Crippen molar-refractivity contribution < 1.29 is 14.3 Å². The molecule has 0 heterocycles. The first-order valence-corrected chi connectivity index (χ1v) is 6.25. The topological polar surface area (TPSA) is 43.4 Å². The molecule has 3 heteroatoms. The van der Waals surface area contributed by atoms with Crippen LogP contribution in [0.15, 0.2) is 54.6 Å². The van der Waals surface area contributed by atoms with Gasteiger partial charge in [0, 0.05) is 11.1 Å². The van der Waals surface area contributed by atoms with E-state index < -0.39 is 0 Å². The summed E-state index contributed by atoms with van der Waals surface area (Å²) in [5.74, 6) is 0.222. The number of methoxy groups -OCH3 is 1. The van der Waals surface area contributed by atoms with Gasteiger partial charge in [-0.1, -0.05) is 30.3 Å². The van der Waals surface area contributed by atoms with Gasteiger partial charge in [0.15, 0.2) is 11.6 Å². The molecular formula is C17H12O3. The number of ketones is 2. The van der Waals surface area contributed by atoms with E-state index in [9.17, 15) is 9.59 Å². The smallest absolute Gasteiger partial charge is 0.186 e. The molecule has 0 unspecified atom stereocenters. The second-order valence-electron chi connectivity index (χ2n) is 4.52. The van der Waals surface area contributed by atoms with Gasteiger partial charge in [0.2, 0.25) is 0 Å². The van der Waals surface area contributed by atoms with E-state index in [0.717, 1.165) is 10.8 Å². The highest BCUT2D eigenvalue weighted by Crippen LogP contribution is 2.35. The third-order valence-electron chi connectivity index (χ3n) is 3.33. The van der Waals surface area contributed by atoms with Crippen LogP contribution in [0, 0.1) is 0 Å². The van der Waals surface area contributed by atoms with Crippen molar-refractivity contribution in [1.82, 2.24) is 0 Å². The maximum Gasteiger partial charge on any atom is 0.186 e. The minimum atomic E-state index is -0.186.